The normalized spacial score (nSPS) is 20.3. The van der Waals surface area contributed by atoms with Crippen LogP contribution in [-0.2, 0) is 0 Å². The molecule has 1 aliphatic heterocycles. The maximum absolute atomic E-state index is 13.2. The van der Waals surface area contributed by atoms with Crippen molar-refractivity contribution in [2.75, 3.05) is 13.2 Å². The van der Waals surface area contributed by atoms with Gasteiger partial charge in [-0.1, -0.05) is 0 Å². The van der Waals surface area contributed by atoms with Gasteiger partial charge in [0.15, 0.2) is 0 Å². The fourth-order valence-corrected chi connectivity index (χ4v) is 1.97. The van der Waals surface area contributed by atoms with E-state index >= 15 is 0 Å². The molecule has 0 aliphatic carbocycles. The smallest absolute Gasteiger partial charge is 0.204 e. The average Bonchev–Trinajstić information content (AvgIpc) is 2.35. The third kappa shape index (κ3) is 2.39. The molecule has 2 N–H and O–H groups in total. The van der Waals surface area contributed by atoms with Crippen molar-refractivity contribution < 1.29 is 14.1 Å². The van der Waals surface area contributed by atoms with Crippen LogP contribution in [0.15, 0.2) is 23.3 Å². The highest BCUT2D eigenvalue weighted by molar-refractivity contribution is 6.05. The van der Waals surface area contributed by atoms with Crippen molar-refractivity contribution in [3.8, 4) is 5.75 Å². The third-order valence-corrected chi connectivity index (χ3v) is 2.84. The van der Waals surface area contributed by atoms with Crippen molar-refractivity contribution in [1.29, 1.82) is 0 Å². The Balaban J connectivity index is 2.26. The van der Waals surface area contributed by atoms with Gasteiger partial charge in [0, 0.05) is 22.8 Å². The van der Waals surface area contributed by atoms with Crippen molar-refractivity contribution in [2.45, 2.75) is 6.42 Å². The SMILES string of the molecule is N/N=C1\c2cc(F)ccc2OCC1CC[N+](=O)[O-]. The Hall–Kier alpha value is -2.18. The zero-order valence-electron chi connectivity index (χ0n) is 9.51. The van der Waals surface area contributed by atoms with E-state index < -0.39 is 10.7 Å². The first kappa shape index (κ1) is 12.3. The summed E-state index contributed by atoms with van der Waals surface area (Å²) in [6.07, 6.45) is 0.263. The van der Waals surface area contributed by atoms with Crippen LogP contribution >= 0.6 is 0 Å². The van der Waals surface area contributed by atoms with Crippen LogP contribution in [0.4, 0.5) is 4.39 Å². The van der Waals surface area contributed by atoms with Gasteiger partial charge in [-0.25, -0.2) is 4.39 Å². The second-order valence-corrected chi connectivity index (χ2v) is 4.01. The Morgan fingerprint density at radius 1 is 1.61 bits per heavy atom. The lowest BCUT2D eigenvalue weighted by Gasteiger charge is -2.25. The molecule has 2 rings (SSSR count). The van der Waals surface area contributed by atoms with Gasteiger partial charge >= 0.3 is 0 Å². The lowest BCUT2D eigenvalue weighted by Crippen LogP contribution is -2.31. The molecule has 18 heavy (non-hydrogen) atoms. The van der Waals surface area contributed by atoms with Gasteiger partial charge in [0.1, 0.15) is 11.6 Å². The third-order valence-electron chi connectivity index (χ3n) is 2.84. The number of nitro groups is 1. The number of ether oxygens (including phenoxy) is 1. The standard InChI is InChI=1S/C11H12FN3O3/c12-8-1-2-10-9(5-8)11(14-13)7(6-18-10)3-4-15(16)17/h1-2,5,7H,3-4,6,13H2/b14-11-. The average molecular weight is 253 g/mol. The quantitative estimate of drug-likeness (QED) is 0.497. The topological polar surface area (TPSA) is 90.8 Å². The molecule has 0 amide bonds. The molecule has 7 heteroatoms. The Bertz CT molecular complexity index is 504. The van der Waals surface area contributed by atoms with E-state index in [1.54, 1.807) is 0 Å². The highest BCUT2D eigenvalue weighted by atomic mass is 19.1. The number of hydrogen-bond acceptors (Lipinski definition) is 5. The van der Waals surface area contributed by atoms with Crippen LogP contribution < -0.4 is 10.6 Å². The molecule has 0 bridgehead atoms. The van der Waals surface area contributed by atoms with Gasteiger partial charge in [-0.15, -0.1) is 0 Å². The molecule has 6 nitrogen and oxygen atoms in total. The lowest BCUT2D eigenvalue weighted by atomic mass is 9.91. The van der Waals surface area contributed by atoms with E-state index in [-0.39, 0.29) is 25.5 Å². The van der Waals surface area contributed by atoms with Gasteiger partial charge in [0.2, 0.25) is 6.54 Å². The molecular formula is C11H12FN3O3. The number of hydrogen-bond donors (Lipinski definition) is 1. The Morgan fingerprint density at radius 3 is 3.06 bits per heavy atom. The molecule has 0 saturated heterocycles. The molecule has 1 heterocycles. The highest BCUT2D eigenvalue weighted by Crippen LogP contribution is 2.29. The minimum Gasteiger partial charge on any atom is -0.492 e. The number of hydrazone groups is 1. The Kier molecular flexibility index (Phi) is 3.40. The monoisotopic (exact) mass is 253 g/mol. The molecule has 0 spiro atoms. The van der Waals surface area contributed by atoms with Crippen LogP contribution in [0.25, 0.3) is 0 Å². The predicted octanol–water partition coefficient (Wildman–Crippen LogP) is 1.16. The summed E-state index contributed by atoms with van der Waals surface area (Å²) >= 11 is 0. The van der Waals surface area contributed by atoms with Crippen molar-refractivity contribution in [2.24, 2.45) is 16.9 Å². The number of halogens is 1. The summed E-state index contributed by atoms with van der Waals surface area (Å²) in [5.74, 6) is 5.10. The number of benzene rings is 1. The second-order valence-electron chi connectivity index (χ2n) is 4.01. The Morgan fingerprint density at radius 2 is 2.39 bits per heavy atom. The molecule has 1 unspecified atom stereocenters. The van der Waals surface area contributed by atoms with Gasteiger partial charge < -0.3 is 10.6 Å². The molecule has 1 aliphatic rings. The lowest BCUT2D eigenvalue weighted by molar-refractivity contribution is -0.481. The van der Waals surface area contributed by atoms with Crippen LogP contribution in [0.2, 0.25) is 0 Å². The predicted molar refractivity (Wildman–Crippen MR) is 62.6 cm³/mol. The molecule has 96 valence electrons. The van der Waals surface area contributed by atoms with Crippen LogP contribution in [-0.4, -0.2) is 23.8 Å². The minimum absolute atomic E-state index is 0.197. The van der Waals surface area contributed by atoms with E-state index in [1.165, 1.54) is 18.2 Å². The second kappa shape index (κ2) is 4.99. The molecule has 0 saturated carbocycles. The van der Waals surface area contributed by atoms with Gasteiger partial charge in [0.25, 0.3) is 0 Å². The summed E-state index contributed by atoms with van der Waals surface area (Å²) in [6.45, 7) is 0.0696. The van der Waals surface area contributed by atoms with E-state index in [1.807, 2.05) is 0 Å². The van der Waals surface area contributed by atoms with Crippen molar-refractivity contribution in [3.63, 3.8) is 0 Å². The molecular weight excluding hydrogens is 241 g/mol. The van der Waals surface area contributed by atoms with Crippen molar-refractivity contribution in [3.05, 3.63) is 39.7 Å². The van der Waals surface area contributed by atoms with Crippen molar-refractivity contribution >= 4 is 5.71 Å². The Labute approximate surface area is 102 Å². The van der Waals surface area contributed by atoms with Crippen LogP contribution in [0, 0.1) is 21.8 Å². The number of rotatable bonds is 3. The van der Waals surface area contributed by atoms with E-state index in [9.17, 15) is 14.5 Å². The highest BCUT2D eigenvalue weighted by Gasteiger charge is 2.28. The molecule has 0 fully saturated rings. The van der Waals surface area contributed by atoms with Gasteiger partial charge in [0.05, 0.1) is 12.3 Å². The molecule has 1 aromatic rings. The van der Waals surface area contributed by atoms with Crippen LogP contribution in [0.1, 0.15) is 12.0 Å². The van der Waals surface area contributed by atoms with Gasteiger partial charge in [-0.2, -0.15) is 5.10 Å². The summed E-state index contributed by atoms with van der Waals surface area (Å²) in [4.78, 5) is 9.96. The largest absolute Gasteiger partial charge is 0.492 e. The first-order chi connectivity index (χ1) is 8.61. The molecule has 0 aromatic heterocycles. The van der Waals surface area contributed by atoms with E-state index in [4.69, 9.17) is 10.6 Å². The fourth-order valence-electron chi connectivity index (χ4n) is 1.97. The molecule has 0 radical (unpaired) electrons. The number of nitrogens with two attached hydrogens (primary N) is 1. The van der Waals surface area contributed by atoms with Gasteiger partial charge in [-0.05, 0) is 18.2 Å². The maximum atomic E-state index is 13.2. The summed E-state index contributed by atoms with van der Waals surface area (Å²) in [6, 6.07) is 4.06. The zero-order valence-corrected chi connectivity index (χ0v) is 9.51. The summed E-state index contributed by atoms with van der Waals surface area (Å²) in [7, 11) is 0. The summed E-state index contributed by atoms with van der Waals surface area (Å²) in [5.41, 5.74) is 0.926. The van der Waals surface area contributed by atoms with Gasteiger partial charge in [-0.3, -0.25) is 10.1 Å². The fraction of sp³-hybridized carbons (Fsp3) is 0.364. The zero-order chi connectivity index (χ0) is 13.1. The molecule has 1 aromatic carbocycles. The first-order valence-corrected chi connectivity index (χ1v) is 5.44. The first-order valence-electron chi connectivity index (χ1n) is 5.44. The number of nitrogens with zero attached hydrogens (tertiary/aromatic N) is 2. The van der Waals surface area contributed by atoms with Crippen LogP contribution in [0.5, 0.6) is 5.75 Å². The summed E-state index contributed by atoms with van der Waals surface area (Å²) in [5, 5.41) is 14.0. The van der Waals surface area contributed by atoms with Crippen molar-refractivity contribution in [1.82, 2.24) is 0 Å². The van der Waals surface area contributed by atoms with E-state index in [2.05, 4.69) is 5.10 Å². The summed E-state index contributed by atoms with van der Waals surface area (Å²) < 4.78 is 18.6. The minimum atomic E-state index is -0.423. The van der Waals surface area contributed by atoms with Crippen LogP contribution in [0.3, 0.4) is 0 Å². The van der Waals surface area contributed by atoms with E-state index in [0.717, 1.165) is 0 Å². The van der Waals surface area contributed by atoms with E-state index in [0.29, 0.717) is 17.0 Å². The maximum Gasteiger partial charge on any atom is 0.204 e. The molecule has 1 atom stereocenters. The number of fused-ring (bicyclic) bond motifs is 1.